The van der Waals surface area contributed by atoms with Crippen LogP contribution in [0.1, 0.15) is 16.1 Å². The van der Waals surface area contributed by atoms with Crippen molar-refractivity contribution in [1.82, 2.24) is 4.98 Å². The van der Waals surface area contributed by atoms with Gasteiger partial charge in [0.15, 0.2) is 0 Å². The van der Waals surface area contributed by atoms with Crippen molar-refractivity contribution in [3.63, 3.8) is 0 Å². The molecule has 0 aliphatic rings. The van der Waals surface area contributed by atoms with Gasteiger partial charge in [-0.3, -0.25) is 4.79 Å². The summed E-state index contributed by atoms with van der Waals surface area (Å²) in [6.07, 6.45) is 0. The van der Waals surface area contributed by atoms with Gasteiger partial charge in [-0.1, -0.05) is 11.6 Å². The lowest BCUT2D eigenvalue weighted by Crippen LogP contribution is -2.13. The van der Waals surface area contributed by atoms with Gasteiger partial charge >= 0.3 is 0 Å². The van der Waals surface area contributed by atoms with Crippen LogP contribution in [-0.2, 0) is 0 Å². The Balaban J connectivity index is 2.31. The van der Waals surface area contributed by atoms with Gasteiger partial charge in [0.05, 0.1) is 17.3 Å². The zero-order valence-electron chi connectivity index (χ0n) is 11.2. The minimum atomic E-state index is -0.271. The van der Waals surface area contributed by atoms with Crippen molar-refractivity contribution in [3.8, 4) is 5.75 Å². The number of aryl methyl sites for hydroxylation is 1. The number of carbonyl (C=O) groups excluding carboxylic acids is 1. The van der Waals surface area contributed by atoms with Crippen LogP contribution in [0.2, 0.25) is 5.15 Å². The molecule has 2 rings (SSSR count). The molecule has 0 spiro atoms. The van der Waals surface area contributed by atoms with Crippen molar-refractivity contribution in [2.24, 2.45) is 0 Å². The van der Waals surface area contributed by atoms with Crippen LogP contribution in [-0.4, -0.2) is 18.0 Å². The lowest BCUT2D eigenvalue weighted by atomic mass is 10.2. The number of hydrogen-bond acceptors (Lipinski definition) is 3. The minimum absolute atomic E-state index is 0.271. The maximum atomic E-state index is 12.3. The number of methoxy groups -OCH3 is 1. The molecule has 0 radical (unpaired) electrons. The highest BCUT2D eigenvalue weighted by Gasteiger charge is 2.13. The van der Waals surface area contributed by atoms with E-state index in [1.54, 1.807) is 32.2 Å². The SMILES string of the molecule is COc1cc(NC(=O)c2cc(C)nc(Cl)c2)c(Br)cc1Br. The molecule has 0 bridgehead atoms. The highest BCUT2D eigenvalue weighted by atomic mass is 79.9. The number of aromatic nitrogens is 1. The smallest absolute Gasteiger partial charge is 0.255 e. The summed E-state index contributed by atoms with van der Waals surface area (Å²) in [5.41, 5.74) is 1.73. The monoisotopic (exact) mass is 432 g/mol. The molecule has 1 heterocycles. The summed E-state index contributed by atoms with van der Waals surface area (Å²) in [6.45, 7) is 1.78. The molecular weight excluding hydrogens is 423 g/mol. The van der Waals surface area contributed by atoms with Crippen LogP contribution < -0.4 is 10.1 Å². The summed E-state index contributed by atoms with van der Waals surface area (Å²) in [5.74, 6) is 0.352. The third kappa shape index (κ3) is 3.96. The Morgan fingerprint density at radius 1 is 1.24 bits per heavy atom. The first-order chi connectivity index (χ1) is 9.90. The molecule has 0 saturated carbocycles. The fraction of sp³-hybridized carbons (Fsp3) is 0.143. The summed E-state index contributed by atoms with van der Waals surface area (Å²) in [6, 6.07) is 6.72. The summed E-state index contributed by atoms with van der Waals surface area (Å²) < 4.78 is 6.74. The van der Waals surface area contributed by atoms with Gasteiger partial charge in [-0.2, -0.15) is 0 Å². The molecule has 110 valence electrons. The number of anilines is 1. The van der Waals surface area contributed by atoms with Crippen LogP contribution in [0.5, 0.6) is 5.75 Å². The second-order valence-electron chi connectivity index (χ2n) is 4.24. The van der Waals surface area contributed by atoms with Crippen molar-refractivity contribution in [2.75, 3.05) is 12.4 Å². The maximum Gasteiger partial charge on any atom is 0.255 e. The van der Waals surface area contributed by atoms with Gasteiger partial charge in [0, 0.05) is 21.8 Å². The first-order valence-corrected chi connectivity index (χ1v) is 7.85. The Hall–Kier alpha value is -1.11. The molecule has 0 unspecified atom stereocenters. The first-order valence-electron chi connectivity index (χ1n) is 5.89. The normalized spacial score (nSPS) is 10.3. The van der Waals surface area contributed by atoms with Gasteiger partial charge in [-0.15, -0.1) is 0 Å². The fourth-order valence-electron chi connectivity index (χ4n) is 1.73. The Morgan fingerprint density at radius 2 is 1.95 bits per heavy atom. The molecule has 1 amide bonds. The van der Waals surface area contributed by atoms with Gasteiger partial charge in [0.2, 0.25) is 0 Å². The quantitative estimate of drug-likeness (QED) is 0.704. The lowest BCUT2D eigenvalue weighted by Gasteiger charge is -2.11. The van der Waals surface area contributed by atoms with Crippen molar-refractivity contribution in [1.29, 1.82) is 0 Å². The minimum Gasteiger partial charge on any atom is -0.495 e. The first kappa shape index (κ1) is 16.3. The second kappa shape index (κ2) is 6.77. The lowest BCUT2D eigenvalue weighted by molar-refractivity contribution is 0.102. The number of hydrogen-bond donors (Lipinski definition) is 1. The van der Waals surface area contributed by atoms with Crippen molar-refractivity contribution in [3.05, 3.63) is 49.6 Å². The van der Waals surface area contributed by atoms with Gasteiger partial charge < -0.3 is 10.1 Å². The van der Waals surface area contributed by atoms with Crippen molar-refractivity contribution >= 4 is 55.1 Å². The van der Waals surface area contributed by atoms with Gasteiger partial charge in [0.1, 0.15) is 10.9 Å². The zero-order valence-corrected chi connectivity index (χ0v) is 15.1. The van der Waals surface area contributed by atoms with Crippen LogP contribution in [0.25, 0.3) is 0 Å². The molecule has 0 aliphatic carbocycles. The van der Waals surface area contributed by atoms with Crippen LogP contribution in [0.4, 0.5) is 5.69 Å². The van der Waals surface area contributed by atoms with E-state index in [1.807, 2.05) is 0 Å². The molecular formula is C14H11Br2ClN2O2. The number of rotatable bonds is 3. The summed E-state index contributed by atoms with van der Waals surface area (Å²) in [4.78, 5) is 16.3. The zero-order chi connectivity index (χ0) is 15.6. The van der Waals surface area contributed by atoms with E-state index in [-0.39, 0.29) is 11.1 Å². The number of amides is 1. The van der Waals surface area contributed by atoms with E-state index in [0.29, 0.717) is 22.7 Å². The summed E-state index contributed by atoms with van der Waals surface area (Å²) in [7, 11) is 1.56. The average molecular weight is 435 g/mol. The van der Waals surface area contributed by atoms with Crippen molar-refractivity contribution in [2.45, 2.75) is 6.92 Å². The summed E-state index contributed by atoms with van der Waals surface area (Å²) in [5, 5.41) is 3.09. The topological polar surface area (TPSA) is 51.2 Å². The van der Waals surface area contributed by atoms with E-state index in [1.165, 1.54) is 6.07 Å². The van der Waals surface area contributed by atoms with E-state index >= 15 is 0 Å². The number of carbonyl (C=O) groups is 1. The van der Waals surface area contributed by atoms with Crippen LogP contribution in [0, 0.1) is 6.92 Å². The highest BCUT2D eigenvalue weighted by Crippen LogP contribution is 2.34. The van der Waals surface area contributed by atoms with E-state index in [9.17, 15) is 4.79 Å². The Bertz CT molecular complexity index is 687. The molecule has 1 N–H and O–H groups in total. The number of halogens is 3. The van der Waals surface area contributed by atoms with Gasteiger partial charge in [-0.25, -0.2) is 4.98 Å². The third-order valence-electron chi connectivity index (χ3n) is 2.67. The van der Waals surface area contributed by atoms with Gasteiger partial charge in [0.25, 0.3) is 5.91 Å². The van der Waals surface area contributed by atoms with E-state index in [4.69, 9.17) is 16.3 Å². The molecule has 0 aliphatic heterocycles. The number of benzene rings is 1. The highest BCUT2D eigenvalue weighted by molar-refractivity contribution is 9.11. The number of pyridine rings is 1. The molecule has 0 saturated heterocycles. The molecule has 2 aromatic rings. The number of nitrogens with one attached hydrogen (secondary N) is 1. The van der Waals surface area contributed by atoms with Crippen LogP contribution >= 0.6 is 43.5 Å². The predicted octanol–water partition coefficient (Wildman–Crippen LogP) is 4.83. The van der Waals surface area contributed by atoms with Crippen LogP contribution in [0.3, 0.4) is 0 Å². The Labute approximate surface area is 144 Å². The molecule has 21 heavy (non-hydrogen) atoms. The second-order valence-corrected chi connectivity index (χ2v) is 6.34. The maximum absolute atomic E-state index is 12.3. The fourth-order valence-corrected chi connectivity index (χ4v) is 3.24. The molecule has 1 aromatic heterocycles. The van der Waals surface area contributed by atoms with E-state index < -0.39 is 0 Å². The number of nitrogens with zero attached hydrogens (tertiary/aromatic N) is 1. The van der Waals surface area contributed by atoms with Gasteiger partial charge in [-0.05, 0) is 57.0 Å². The average Bonchev–Trinajstić information content (AvgIpc) is 2.40. The largest absolute Gasteiger partial charge is 0.495 e. The van der Waals surface area contributed by atoms with Crippen LogP contribution in [0.15, 0.2) is 33.2 Å². The summed E-state index contributed by atoms with van der Waals surface area (Å²) >= 11 is 12.7. The molecule has 7 heteroatoms. The molecule has 4 nitrogen and oxygen atoms in total. The number of ether oxygens (including phenoxy) is 1. The predicted molar refractivity (Wildman–Crippen MR) is 90.3 cm³/mol. The Morgan fingerprint density at radius 3 is 2.57 bits per heavy atom. The standard InChI is InChI=1S/C14H11Br2ClN2O2/c1-7-3-8(4-13(17)18-7)14(20)19-11-6-12(21-2)10(16)5-9(11)15/h3-6H,1-2H3,(H,19,20). The van der Waals surface area contributed by atoms with E-state index in [2.05, 4.69) is 42.2 Å². The third-order valence-corrected chi connectivity index (χ3v) is 4.14. The molecule has 1 aromatic carbocycles. The van der Waals surface area contributed by atoms with Crippen molar-refractivity contribution < 1.29 is 9.53 Å². The Kier molecular flexibility index (Phi) is 5.24. The molecule has 0 fully saturated rings. The molecule has 0 atom stereocenters. The van der Waals surface area contributed by atoms with E-state index in [0.717, 1.165) is 8.95 Å².